The highest BCUT2D eigenvalue weighted by Crippen LogP contribution is 2.32. The first-order valence-corrected chi connectivity index (χ1v) is 10.8. The number of carbonyl (C=O) groups is 1. The number of hydrogen-bond acceptors (Lipinski definition) is 7. The molecule has 0 atom stereocenters. The van der Waals surface area contributed by atoms with E-state index in [2.05, 4.69) is 32.2 Å². The second kappa shape index (κ2) is 9.02. The summed E-state index contributed by atoms with van der Waals surface area (Å²) < 4.78 is 16.4. The van der Waals surface area contributed by atoms with Crippen LogP contribution in [-0.4, -0.2) is 53.7 Å². The Morgan fingerprint density at radius 2 is 1.78 bits per heavy atom. The summed E-state index contributed by atoms with van der Waals surface area (Å²) in [5.74, 6) is 1.94. The molecule has 3 aromatic rings. The van der Waals surface area contributed by atoms with Crippen molar-refractivity contribution in [3.63, 3.8) is 0 Å². The topological polar surface area (TPSA) is 80.1 Å². The molecular weight excluding hydrogens is 408 g/mol. The van der Waals surface area contributed by atoms with Gasteiger partial charge in [0.25, 0.3) is 5.91 Å². The van der Waals surface area contributed by atoms with E-state index in [9.17, 15) is 4.79 Å². The number of aryl methyl sites for hydroxylation is 1. The van der Waals surface area contributed by atoms with Crippen LogP contribution in [0.1, 0.15) is 27.5 Å². The molecule has 32 heavy (non-hydrogen) atoms. The van der Waals surface area contributed by atoms with Crippen molar-refractivity contribution in [1.29, 1.82) is 0 Å². The predicted molar refractivity (Wildman–Crippen MR) is 119 cm³/mol. The molecule has 166 valence electrons. The van der Waals surface area contributed by atoms with Crippen LogP contribution in [0.15, 0.2) is 53.1 Å². The number of aromatic nitrogens is 1. The molecule has 0 bridgehead atoms. The Balaban J connectivity index is 1.11. The lowest BCUT2D eigenvalue weighted by atomic mass is 10.1. The summed E-state index contributed by atoms with van der Waals surface area (Å²) in [7, 11) is 0. The number of nitrogens with zero attached hydrogens (tertiary/aromatic N) is 3. The highest BCUT2D eigenvalue weighted by atomic mass is 16.7. The Bertz CT molecular complexity index is 1100. The molecule has 8 heteroatoms. The zero-order chi connectivity index (χ0) is 21.9. The maximum atomic E-state index is 12.4. The van der Waals surface area contributed by atoms with Gasteiger partial charge in [-0.1, -0.05) is 18.2 Å². The van der Waals surface area contributed by atoms with E-state index in [-0.39, 0.29) is 5.91 Å². The van der Waals surface area contributed by atoms with E-state index in [0.717, 1.165) is 55.5 Å². The first-order valence-electron chi connectivity index (χ1n) is 10.8. The molecule has 3 heterocycles. The second-order valence-electron chi connectivity index (χ2n) is 8.19. The van der Waals surface area contributed by atoms with E-state index in [1.165, 1.54) is 11.8 Å². The number of carbonyl (C=O) groups excluding carboxylic acids is 1. The number of ether oxygens (including phenoxy) is 2. The average molecular weight is 434 g/mol. The fourth-order valence-electron chi connectivity index (χ4n) is 4.00. The largest absolute Gasteiger partial charge is 0.454 e. The molecule has 1 aromatic heterocycles. The predicted octanol–water partition coefficient (Wildman–Crippen LogP) is 3.28. The zero-order valence-electron chi connectivity index (χ0n) is 18.0. The van der Waals surface area contributed by atoms with Crippen molar-refractivity contribution in [3.05, 3.63) is 71.4 Å². The monoisotopic (exact) mass is 434 g/mol. The summed E-state index contributed by atoms with van der Waals surface area (Å²) in [6.45, 7) is 7.50. The van der Waals surface area contributed by atoms with Gasteiger partial charge >= 0.3 is 0 Å². The quantitative estimate of drug-likeness (QED) is 0.638. The molecule has 0 aliphatic carbocycles. The summed E-state index contributed by atoms with van der Waals surface area (Å²) in [4.78, 5) is 21.5. The van der Waals surface area contributed by atoms with Crippen molar-refractivity contribution in [3.8, 4) is 11.5 Å². The third-order valence-electron chi connectivity index (χ3n) is 5.73. The lowest BCUT2D eigenvalue weighted by molar-refractivity contribution is 0.102. The Labute approximate surface area is 186 Å². The average Bonchev–Trinajstić information content (AvgIpc) is 3.44. The summed E-state index contributed by atoms with van der Waals surface area (Å²) in [5.41, 5.74) is 3.35. The van der Waals surface area contributed by atoms with Gasteiger partial charge in [-0.15, -0.1) is 0 Å². The van der Waals surface area contributed by atoms with Gasteiger partial charge in [0.1, 0.15) is 6.26 Å². The third kappa shape index (κ3) is 4.76. The van der Waals surface area contributed by atoms with Crippen molar-refractivity contribution in [2.45, 2.75) is 20.0 Å². The molecule has 1 amide bonds. The molecule has 0 saturated carbocycles. The van der Waals surface area contributed by atoms with Gasteiger partial charge < -0.3 is 19.2 Å². The smallest absolute Gasteiger partial charge is 0.277 e. The maximum Gasteiger partial charge on any atom is 0.277 e. The van der Waals surface area contributed by atoms with Crippen molar-refractivity contribution in [2.24, 2.45) is 0 Å². The van der Waals surface area contributed by atoms with Gasteiger partial charge in [0.05, 0.1) is 6.54 Å². The van der Waals surface area contributed by atoms with Crippen LogP contribution in [0.25, 0.3) is 0 Å². The minimum Gasteiger partial charge on any atom is -0.454 e. The van der Waals surface area contributed by atoms with Gasteiger partial charge in [-0.05, 0) is 42.3 Å². The van der Waals surface area contributed by atoms with Crippen LogP contribution in [0, 0.1) is 6.92 Å². The summed E-state index contributed by atoms with van der Waals surface area (Å²) in [5, 5.41) is 2.86. The van der Waals surface area contributed by atoms with Gasteiger partial charge in [0.15, 0.2) is 17.2 Å². The van der Waals surface area contributed by atoms with Gasteiger partial charge in [-0.25, -0.2) is 4.98 Å². The number of anilines is 1. The first-order chi connectivity index (χ1) is 15.6. The van der Waals surface area contributed by atoms with Crippen LogP contribution in [0.2, 0.25) is 0 Å². The van der Waals surface area contributed by atoms with E-state index in [1.807, 2.05) is 37.3 Å². The first kappa shape index (κ1) is 20.5. The third-order valence-corrected chi connectivity index (χ3v) is 5.73. The Morgan fingerprint density at radius 3 is 2.59 bits per heavy atom. The second-order valence-corrected chi connectivity index (χ2v) is 8.19. The number of oxazole rings is 1. The molecule has 5 rings (SSSR count). The molecule has 1 fully saturated rings. The molecule has 2 aliphatic heterocycles. The Morgan fingerprint density at radius 1 is 1.00 bits per heavy atom. The lowest BCUT2D eigenvalue weighted by Crippen LogP contribution is -2.45. The van der Waals surface area contributed by atoms with Gasteiger partial charge in [-0.3, -0.25) is 14.6 Å². The Hall–Kier alpha value is -3.36. The standard InChI is InChI=1S/C24H26N4O4/c1-17-3-2-4-19(11-17)25-24(29)20-15-30-23(26-20)14-28-9-7-27(8-10-28)13-18-5-6-21-22(12-18)32-16-31-21/h2-6,11-12,15H,7-10,13-14,16H2,1H3,(H,25,29). The normalized spacial score (nSPS) is 16.3. The number of fused-ring (bicyclic) bond motifs is 1. The maximum absolute atomic E-state index is 12.4. The molecule has 2 aromatic carbocycles. The molecule has 2 aliphatic rings. The summed E-state index contributed by atoms with van der Waals surface area (Å²) in [6.07, 6.45) is 1.43. The minimum atomic E-state index is -0.265. The number of rotatable bonds is 6. The zero-order valence-corrected chi connectivity index (χ0v) is 18.0. The van der Waals surface area contributed by atoms with E-state index in [4.69, 9.17) is 13.9 Å². The number of amides is 1. The molecule has 0 spiro atoms. The number of benzene rings is 2. The molecule has 0 radical (unpaired) electrons. The number of hydrogen-bond donors (Lipinski definition) is 1. The van der Waals surface area contributed by atoms with Crippen LogP contribution in [0.3, 0.4) is 0 Å². The van der Waals surface area contributed by atoms with Crippen LogP contribution >= 0.6 is 0 Å². The van der Waals surface area contributed by atoms with Gasteiger partial charge in [-0.2, -0.15) is 0 Å². The van der Waals surface area contributed by atoms with Crippen LogP contribution < -0.4 is 14.8 Å². The van der Waals surface area contributed by atoms with Crippen molar-refractivity contribution in [2.75, 3.05) is 38.3 Å². The van der Waals surface area contributed by atoms with Crippen molar-refractivity contribution < 1.29 is 18.7 Å². The summed E-state index contributed by atoms with van der Waals surface area (Å²) in [6, 6.07) is 13.8. The van der Waals surface area contributed by atoms with Crippen molar-refractivity contribution in [1.82, 2.24) is 14.8 Å². The molecule has 0 unspecified atom stereocenters. The number of piperazine rings is 1. The van der Waals surface area contributed by atoms with E-state index < -0.39 is 0 Å². The van der Waals surface area contributed by atoms with Crippen LogP contribution in [0.4, 0.5) is 5.69 Å². The van der Waals surface area contributed by atoms with Gasteiger partial charge in [0.2, 0.25) is 12.7 Å². The molecule has 1 N–H and O–H groups in total. The van der Waals surface area contributed by atoms with E-state index >= 15 is 0 Å². The highest BCUT2D eigenvalue weighted by Gasteiger charge is 2.21. The fraction of sp³-hybridized carbons (Fsp3) is 0.333. The molecular formula is C24H26N4O4. The fourth-order valence-corrected chi connectivity index (χ4v) is 4.00. The molecule has 8 nitrogen and oxygen atoms in total. The van der Waals surface area contributed by atoms with E-state index in [0.29, 0.717) is 24.9 Å². The SMILES string of the molecule is Cc1cccc(NC(=O)c2coc(CN3CCN(Cc4ccc5c(c4)OCO5)CC3)n2)c1. The Kier molecular flexibility index (Phi) is 5.79. The molecule has 1 saturated heterocycles. The van der Waals surface area contributed by atoms with Gasteiger partial charge in [0, 0.05) is 38.4 Å². The van der Waals surface area contributed by atoms with E-state index in [1.54, 1.807) is 0 Å². The highest BCUT2D eigenvalue weighted by molar-refractivity contribution is 6.02. The van der Waals surface area contributed by atoms with Crippen LogP contribution in [-0.2, 0) is 13.1 Å². The minimum absolute atomic E-state index is 0.265. The number of nitrogens with one attached hydrogen (secondary N) is 1. The lowest BCUT2D eigenvalue weighted by Gasteiger charge is -2.34. The van der Waals surface area contributed by atoms with Crippen molar-refractivity contribution >= 4 is 11.6 Å². The summed E-state index contributed by atoms with van der Waals surface area (Å²) >= 11 is 0. The van der Waals surface area contributed by atoms with Crippen LogP contribution in [0.5, 0.6) is 11.5 Å².